The third-order valence-corrected chi connectivity index (χ3v) is 4.00. The molecule has 0 aliphatic carbocycles. The van der Waals surface area contributed by atoms with Crippen LogP contribution in [0.15, 0.2) is 71.1 Å². The van der Waals surface area contributed by atoms with Gasteiger partial charge < -0.3 is 9.73 Å². The fourth-order valence-electron chi connectivity index (χ4n) is 2.84. The van der Waals surface area contributed by atoms with Gasteiger partial charge in [-0.25, -0.2) is 0 Å². The highest BCUT2D eigenvalue weighted by Gasteiger charge is 2.14. The fraction of sp³-hybridized carbons (Fsp3) is 0.0500. The SMILES string of the molecule is Cc1cccc2cc(C(=O)Nc3cccc4ccccc34)oc12. The average molecular weight is 301 g/mol. The Labute approximate surface area is 133 Å². The van der Waals surface area contributed by atoms with Crippen molar-refractivity contribution < 1.29 is 9.21 Å². The number of carbonyl (C=O) groups is 1. The average Bonchev–Trinajstić information content (AvgIpc) is 3.01. The first-order chi connectivity index (χ1) is 11.2. The molecule has 1 heterocycles. The van der Waals surface area contributed by atoms with Crippen LogP contribution in [0.1, 0.15) is 16.1 Å². The molecule has 0 saturated heterocycles. The number of furan rings is 1. The molecule has 0 fully saturated rings. The first-order valence-electron chi connectivity index (χ1n) is 7.51. The number of amides is 1. The molecule has 0 spiro atoms. The molecule has 0 bridgehead atoms. The van der Waals surface area contributed by atoms with Crippen molar-refractivity contribution in [2.45, 2.75) is 6.92 Å². The first kappa shape index (κ1) is 13.6. The molecule has 0 unspecified atom stereocenters. The van der Waals surface area contributed by atoms with Crippen LogP contribution in [0, 0.1) is 6.92 Å². The Kier molecular flexibility index (Phi) is 3.12. The lowest BCUT2D eigenvalue weighted by Crippen LogP contribution is -2.11. The Morgan fingerprint density at radius 2 is 1.65 bits per heavy atom. The zero-order valence-corrected chi connectivity index (χ0v) is 12.7. The molecule has 1 amide bonds. The van der Waals surface area contributed by atoms with Crippen molar-refractivity contribution in [1.29, 1.82) is 0 Å². The lowest BCUT2D eigenvalue weighted by atomic mass is 10.1. The molecule has 3 heteroatoms. The third kappa shape index (κ3) is 2.36. The molecule has 112 valence electrons. The second kappa shape index (κ2) is 5.29. The van der Waals surface area contributed by atoms with Gasteiger partial charge in [-0.2, -0.15) is 0 Å². The third-order valence-electron chi connectivity index (χ3n) is 4.00. The molecule has 1 N–H and O–H groups in total. The monoisotopic (exact) mass is 301 g/mol. The number of fused-ring (bicyclic) bond motifs is 2. The van der Waals surface area contributed by atoms with Crippen molar-refractivity contribution in [3.63, 3.8) is 0 Å². The molecule has 0 aliphatic heterocycles. The van der Waals surface area contributed by atoms with Gasteiger partial charge in [0.25, 0.3) is 5.91 Å². The molecule has 0 aliphatic rings. The Hall–Kier alpha value is -3.07. The predicted molar refractivity (Wildman–Crippen MR) is 92.9 cm³/mol. The normalized spacial score (nSPS) is 11.0. The smallest absolute Gasteiger partial charge is 0.291 e. The van der Waals surface area contributed by atoms with Crippen LogP contribution in [0.2, 0.25) is 0 Å². The molecule has 4 rings (SSSR count). The summed E-state index contributed by atoms with van der Waals surface area (Å²) < 4.78 is 5.73. The maximum atomic E-state index is 12.5. The molecular formula is C20H15NO2. The molecule has 23 heavy (non-hydrogen) atoms. The van der Waals surface area contributed by atoms with Crippen molar-refractivity contribution in [1.82, 2.24) is 0 Å². The summed E-state index contributed by atoms with van der Waals surface area (Å²) >= 11 is 0. The van der Waals surface area contributed by atoms with E-state index in [0.717, 1.165) is 33.0 Å². The van der Waals surface area contributed by atoms with Crippen LogP contribution in [0.25, 0.3) is 21.7 Å². The van der Waals surface area contributed by atoms with Crippen LogP contribution in [-0.4, -0.2) is 5.91 Å². The minimum Gasteiger partial charge on any atom is -0.451 e. The van der Waals surface area contributed by atoms with Crippen molar-refractivity contribution >= 4 is 33.3 Å². The molecule has 0 saturated carbocycles. The Bertz CT molecular complexity index is 1020. The van der Waals surface area contributed by atoms with Crippen LogP contribution in [0.5, 0.6) is 0 Å². The fourth-order valence-corrected chi connectivity index (χ4v) is 2.84. The zero-order valence-electron chi connectivity index (χ0n) is 12.7. The number of benzene rings is 3. The quantitative estimate of drug-likeness (QED) is 0.556. The largest absolute Gasteiger partial charge is 0.451 e. The highest BCUT2D eigenvalue weighted by Crippen LogP contribution is 2.26. The van der Waals surface area contributed by atoms with E-state index in [2.05, 4.69) is 5.32 Å². The Balaban J connectivity index is 1.72. The number of aryl methyl sites for hydroxylation is 1. The number of hydrogen-bond donors (Lipinski definition) is 1. The van der Waals surface area contributed by atoms with Gasteiger partial charge in [0.05, 0.1) is 0 Å². The van der Waals surface area contributed by atoms with E-state index in [0.29, 0.717) is 5.76 Å². The second-order valence-electron chi connectivity index (χ2n) is 5.58. The van der Waals surface area contributed by atoms with E-state index in [4.69, 9.17) is 4.42 Å². The Morgan fingerprint density at radius 3 is 2.52 bits per heavy atom. The van der Waals surface area contributed by atoms with Gasteiger partial charge in [-0.05, 0) is 30.0 Å². The molecular weight excluding hydrogens is 286 g/mol. The maximum absolute atomic E-state index is 12.5. The van der Waals surface area contributed by atoms with Gasteiger partial charge in [0.2, 0.25) is 0 Å². The standard InChI is InChI=1S/C20H15NO2/c1-13-6-4-9-15-12-18(23-19(13)15)20(22)21-17-11-5-8-14-7-2-3-10-16(14)17/h2-12H,1H3,(H,21,22). The van der Waals surface area contributed by atoms with Crippen molar-refractivity contribution in [2.24, 2.45) is 0 Å². The van der Waals surface area contributed by atoms with Crippen LogP contribution < -0.4 is 5.32 Å². The van der Waals surface area contributed by atoms with E-state index in [-0.39, 0.29) is 5.91 Å². The van der Waals surface area contributed by atoms with E-state index in [9.17, 15) is 4.79 Å². The molecule has 3 nitrogen and oxygen atoms in total. The van der Waals surface area contributed by atoms with Gasteiger partial charge in [0, 0.05) is 16.5 Å². The van der Waals surface area contributed by atoms with Crippen LogP contribution in [0.3, 0.4) is 0 Å². The Morgan fingerprint density at radius 1 is 0.913 bits per heavy atom. The van der Waals surface area contributed by atoms with Gasteiger partial charge in [-0.15, -0.1) is 0 Å². The van der Waals surface area contributed by atoms with E-state index in [1.165, 1.54) is 0 Å². The summed E-state index contributed by atoms with van der Waals surface area (Å²) in [6.07, 6.45) is 0. The molecule has 3 aromatic carbocycles. The van der Waals surface area contributed by atoms with E-state index >= 15 is 0 Å². The van der Waals surface area contributed by atoms with Gasteiger partial charge in [-0.3, -0.25) is 4.79 Å². The van der Waals surface area contributed by atoms with Gasteiger partial charge in [-0.1, -0.05) is 54.6 Å². The lowest BCUT2D eigenvalue weighted by molar-refractivity contribution is 0.0999. The van der Waals surface area contributed by atoms with Crippen molar-refractivity contribution in [3.8, 4) is 0 Å². The number of hydrogen-bond acceptors (Lipinski definition) is 2. The number of carbonyl (C=O) groups excluding carboxylic acids is 1. The topological polar surface area (TPSA) is 42.2 Å². The van der Waals surface area contributed by atoms with Gasteiger partial charge >= 0.3 is 0 Å². The summed E-state index contributed by atoms with van der Waals surface area (Å²) in [6, 6.07) is 21.5. The zero-order chi connectivity index (χ0) is 15.8. The minimum absolute atomic E-state index is 0.239. The number of nitrogens with one attached hydrogen (secondary N) is 1. The number of rotatable bonds is 2. The summed E-state index contributed by atoms with van der Waals surface area (Å²) in [4.78, 5) is 12.5. The molecule has 4 aromatic rings. The van der Waals surface area contributed by atoms with E-state index in [1.807, 2.05) is 67.6 Å². The van der Waals surface area contributed by atoms with E-state index in [1.54, 1.807) is 6.07 Å². The second-order valence-corrected chi connectivity index (χ2v) is 5.58. The van der Waals surface area contributed by atoms with Crippen molar-refractivity contribution in [3.05, 3.63) is 78.1 Å². The maximum Gasteiger partial charge on any atom is 0.291 e. The molecule has 1 aromatic heterocycles. The molecule has 0 radical (unpaired) electrons. The highest BCUT2D eigenvalue weighted by molar-refractivity contribution is 6.09. The highest BCUT2D eigenvalue weighted by atomic mass is 16.3. The number of para-hydroxylation sites is 1. The predicted octanol–water partition coefficient (Wildman–Crippen LogP) is 5.15. The summed E-state index contributed by atoms with van der Waals surface area (Å²) in [5.74, 6) is 0.0826. The number of anilines is 1. The summed E-state index contributed by atoms with van der Waals surface area (Å²) in [6.45, 7) is 1.97. The summed E-state index contributed by atoms with van der Waals surface area (Å²) in [5, 5.41) is 5.99. The van der Waals surface area contributed by atoms with Crippen LogP contribution >= 0.6 is 0 Å². The molecule has 0 atom stereocenters. The minimum atomic E-state index is -0.239. The first-order valence-corrected chi connectivity index (χ1v) is 7.51. The summed E-state index contributed by atoms with van der Waals surface area (Å²) in [5.41, 5.74) is 2.56. The van der Waals surface area contributed by atoms with Gasteiger partial charge in [0.1, 0.15) is 5.58 Å². The van der Waals surface area contributed by atoms with Gasteiger partial charge in [0.15, 0.2) is 5.76 Å². The van der Waals surface area contributed by atoms with E-state index < -0.39 is 0 Å². The summed E-state index contributed by atoms with van der Waals surface area (Å²) in [7, 11) is 0. The van der Waals surface area contributed by atoms with Crippen molar-refractivity contribution in [2.75, 3.05) is 5.32 Å². The van der Waals surface area contributed by atoms with Crippen LogP contribution in [0.4, 0.5) is 5.69 Å². The van der Waals surface area contributed by atoms with Crippen LogP contribution in [-0.2, 0) is 0 Å². The lowest BCUT2D eigenvalue weighted by Gasteiger charge is -2.07.